The van der Waals surface area contributed by atoms with Gasteiger partial charge in [-0.3, -0.25) is 14.9 Å². The number of nitrogens with one attached hydrogen (secondary N) is 1. The molecule has 2 aromatic carbocycles. The van der Waals surface area contributed by atoms with Gasteiger partial charge in [-0.25, -0.2) is 13.8 Å². The molecule has 1 fully saturated rings. The number of rotatable bonds is 8. The molecule has 0 spiro atoms. The topological polar surface area (TPSA) is 140 Å². The Morgan fingerprint density at radius 1 is 1.24 bits per heavy atom. The van der Waals surface area contributed by atoms with E-state index in [4.69, 9.17) is 21.1 Å². The van der Waals surface area contributed by atoms with Gasteiger partial charge in [0, 0.05) is 11.6 Å². The number of halogens is 1. The molecular weight excluding hydrogens is 476 g/mol. The van der Waals surface area contributed by atoms with E-state index in [1.807, 2.05) is 0 Å². The van der Waals surface area contributed by atoms with Crippen LogP contribution in [0.4, 0.5) is 5.69 Å². The van der Waals surface area contributed by atoms with Gasteiger partial charge in [0.25, 0.3) is 11.6 Å². The lowest BCUT2D eigenvalue weighted by Gasteiger charge is -2.22. The number of nitro benzene ring substituents is 1. The quantitative estimate of drug-likeness (QED) is 0.336. The minimum atomic E-state index is -3.92. The predicted molar refractivity (Wildman–Crippen MR) is 120 cm³/mol. The third kappa shape index (κ3) is 5.24. The van der Waals surface area contributed by atoms with Crippen LogP contribution in [-0.2, 0) is 14.8 Å². The normalized spacial score (nSPS) is 16.6. The first-order chi connectivity index (χ1) is 15.7. The Labute approximate surface area is 195 Å². The number of hydrazone groups is 1. The third-order valence-corrected chi connectivity index (χ3v) is 7.21. The average molecular weight is 497 g/mol. The molecule has 0 bridgehead atoms. The van der Waals surface area contributed by atoms with E-state index in [2.05, 4.69) is 10.5 Å². The van der Waals surface area contributed by atoms with E-state index in [0.717, 1.165) is 10.5 Å². The van der Waals surface area contributed by atoms with Crippen molar-refractivity contribution in [2.75, 3.05) is 20.8 Å². The fraction of sp³-hybridized carbons (Fsp3) is 0.300. The number of hydrogen-bond donors (Lipinski definition) is 1. The van der Waals surface area contributed by atoms with Crippen LogP contribution in [0.1, 0.15) is 18.4 Å². The second kappa shape index (κ2) is 10.1. The largest absolute Gasteiger partial charge is 0.493 e. The van der Waals surface area contributed by atoms with Crippen LogP contribution in [0.3, 0.4) is 0 Å². The molecule has 13 heteroatoms. The molecule has 0 unspecified atom stereocenters. The second-order valence-electron chi connectivity index (χ2n) is 6.99. The Kier molecular flexibility index (Phi) is 7.51. The summed E-state index contributed by atoms with van der Waals surface area (Å²) in [5.74, 6) is -0.240. The number of carbonyl (C=O) groups excluding carboxylic acids is 1. The van der Waals surface area contributed by atoms with Gasteiger partial charge in [-0.1, -0.05) is 11.6 Å². The van der Waals surface area contributed by atoms with E-state index >= 15 is 0 Å². The van der Waals surface area contributed by atoms with Crippen LogP contribution in [0, 0.1) is 10.1 Å². The summed E-state index contributed by atoms with van der Waals surface area (Å²) >= 11 is 5.83. The first kappa shape index (κ1) is 24.4. The Balaban J connectivity index is 1.79. The van der Waals surface area contributed by atoms with Gasteiger partial charge in [-0.2, -0.15) is 9.41 Å². The molecule has 1 N–H and O–H groups in total. The summed E-state index contributed by atoms with van der Waals surface area (Å²) < 4.78 is 37.3. The van der Waals surface area contributed by atoms with Crippen molar-refractivity contribution in [3.8, 4) is 11.5 Å². The van der Waals surface area contributed by atoms with Crippen LogP contribution in [0.5, 0.6) is 11.5 Å². The molecule has 1 amide bonds. The highest BCUT2D eigenvalue weighted by Gasteiger charge is 2.39. The summed E-state index contributed by atoms with van der Waals surface area (Å²) in [6.45, 7) is 0.175. The number of methoxy groups -OCH3 is 2. The van der Waals surface area contributed by atoms with Crippen LogP contribution >= 0.6 is 11.6 Å². The monoisotopic (exact) mass is 496 g/mol. The Bertz CT molecular complexity index is 1190. The van der Waals surface area contributed by atoms with Crippen LogP contribution < -0.4 is 14.9 Å². The lowest BCUT2D eigenvalue weighted by atomic mass is 10.1. The molecule has 1 heterocycles. The molecule has 1 aliphatic heterocycles. The van der Waals surface area contributed by atoms with E-state index < -0.39 is 26.9 Å². The van der Waals surface area contributed by atoms with Gasteiger partial charge >= 0.3 is 0 Å². The van der Waals surface area contributed by atoms with Crippen molar-refractivity contribution >= 4 is 39.4 Å². The number of hydrogen-bond acceptors (Lipinski definition) is 8. The molecule has 1 atom stereocenters. The molecule has 0 aromatic heterocycles. The lowest BCUT2D eigenvalue weighted by Crippen LogP contribution is -2.44. The number of benzene rings is 2. The first-order valence-corrected chi connectivity index (χ1v) is 11.5. The van der Waals surface area contributed by atoms with Gasteiger partial charge in [-0.15, -0.1) is 0 Å². The van der Waals surface area contributed by atoms with E-state index in [9.17, 15) is 23.3 Å². The first-order valence-electron chi connectivity index (χ1n) is 9.69. The molecule has 2 aromatic rings. The van der Waals surface area contributed by atoms with Crippen molar-refractivity contribution in [2.24, 2.45) is 5.10 Å². The highest BCUT2D eigenvalue weighted by atomic mass is 35.5. The van der Waals surface area contributed by atoms with Crippen molar-refractivity contribution in [2.45, 2.75) is 23.8 Å². The molecular formula is C20H21ClN4O7S. The summed E-state index contributed by atoms with van der Waals surface area (Å²) in [5.41, 5.74) is 2.03. The Morgan fingerprint density at radius 2 is 1.88 bits per heavy atom. The molecule has 0 aliphatic carbocycles. The van der Waals surface area contributed by atoms with Gasteiger partial charge in [0.1, 0.15) is 6.04 Å². The van der Waals surface area contributed by atoms with Gasteiger partial charge in [0.05, 0.1) is 41.9 Å². The Morgan fingerprint density at radius 3 is 2.48 bits per heavy atom. The maximum atomic E-state index is 13.0. The number of ether oxygens (including phenoxy) is 2. The maximum Gasteiger partial charge on any atom is 0.282 e. The summed E-state index contributed by atoms with van der Waals surface area (Å²) in [6, 6.07) is 7.22. The summed E-state index contributed by atoms with van der Waals surface area (Å²) in [6.07, 6.45) is 1.89. The van der Waals surface area contributed by atoms with Crippen molar-refractivity contribution in [1.82, 2.24) is 9.73 Å². The molecule has 1 saturated heterocycles. The van der Waals surface area contributed by atoms with Gasteiger partial charge < -0.3 is 9.47 Å². The third-order valence-electron chi connectivity index (χ3n) is 5.03. The molecule has 0 radical (unpaired) electrons. The smallest absolute Gasteiger partial charge is 0.282 e. The number of carbonyl (C=O) groups is 1. The summed E-state index contributed by atoms with van der Waals surface area (Å²) in [5, 5.41) is 15.6. The number of sulfonamides is 1. The van der Waals surface area contributed by atoms with Gasteiger partial charge in [-0.05, 0) is 43.2 Å². The fourth-order valence-corrected chi connectivity index (χ4v) is 5.20. The zero-order valence-corrected chi connectivity index (χ0v) is 19.3. The van der Waals surface area contributed by atoms with E-state index in [1.165, 1.54) is 50.6 Å². The second-order valence-corrected chi connectivity index (χ2v) is 9.31. The summed E-state index contributed by atoms with van der Waals surface area (Å²) in [7, 11) is -1.19. The van der Waals surface area contributed by atoms with E-state index in [1.54, 1.807) is 0 Å². The molecule has 11 nitrogen and oxygen atoms in total. The number of amides is 1. The Hall–Kier alpha value is -3.22. The van der Waals surface area contributed by atoms with Crippen molar-refractivity contribution in [1.29, 1.82) is 0 Å². The highest BCUT2D eigenvalue weighted by molar-refractivity contribution is 7.89. The van der Waals surface area contributed by atoms with E-state index in [-0.39, 0.29) is 34.2 Å². The molecule has 3 rings (SSSR count). The van der Waals surface area contributed by atoms with Crippen LogP contribution in [0.2, 0.25) is 5.02 Å². The fourth-order valence-electron chi connectivity index (χ4n) is 3.42. The van der Waals surface area contributed by atoms with Gasteiger partial charge in [0.2, 0.25) is 10.0 Å². The predicted octanol–water partition coefficient (Wildman–Crippen LogP) is 2.57. The molecule has 33 heavy (non-hydrogen) atoms. The van der Waals surface area contributed by atoms with E-state index in [0.29, 0.717) is 17.9 Å². The number of nitro groups is 1. The lowest BCUT2D eigenvalue weighted by molar-refractivity contribution is -0.385. The summed E-state index contributed by atoms with van der Waals surface area (Å²) in [4.78, 5) is 23.5. The van der Waals surface area contributed by atoms with Crippen molar-refractivity contribution in [3.63, 3.8) is 0 Å². The van der Waals surface area contributed by atoms with Crippen molar-refractivity contribution in [3.05, 3.63) is 57.1 Å². The molecule has 176 valence electrons. The van der Waals surface area contributed by atoms with Crippen LogP contribution in [-0.4, -0.2) is 56.6 Å². The maximum absolute atomic E-state index is 13.0. The minimum absolute atomic E-state index is 0.0241. The highest BCUT2D eigenvalue weighted by Crippen LogP contribution is 2.33. The SMILES string of the molecule is COc1cc(/C=N\NC(=O)[C@@H]2CCCN2S(=O)(=O)c2ccc(Cl)cc2)c([N+](=O)[O-])cc1OC. The molecule has 0 saturated carbocycles. The standard InChI is InChI=1S/C20H21ClN4O7S/c1-31-18-10-13(17(25(27)28)11-19(18)32-2)12-22-23-20(26)16-4-3-9-24(16)33(29,30)15-7-5-14(21)6-8-15/h5-8,10-12,16H,3-4,9H2,1-2H3,(H,23,26)/b22-12-/t16-/m0/s1. The van der Waals surface area contributed by atoms with Crippen LogP contribution in [0.15, 0.2) is 46.4 Å². The zero-order chi connectivity index (χ0) is 24.2. The zero-order valence-electron chi connectivity index (χ0n) is 17.7. The van der Waals surface area contributed by atoms with Crippen molar-refractivity contribution < 1.29 is 27.6 Å². The average Bonchev–Trinajstić information content (AvgIpc) is 3.30. The van der Waals surface area contributed by atoms with Crippen LogP contribution in [0.25, 0.3) is 0 Å². The minimum Gasteiger partial charge on any atom is -0.493 e. The molecule has 1 aliphatic rings. The van der Waals surface area contributed by atoms with Gasteiger partial charge in [0.15, 0.2) is 11.5 Å². The number of nitrogens with zero attached hydrogens (tertiary/aromatic N) is 3.